The third-order valence-electron chi connectivity index (χ3n) is 3.12. The summed E-state index contributed by atoms with van der Waals surface area (Å²) in [5.74, 6) is 0.843. The van der Waals surface area contributed by atoms with Gasteiger partial charge < -0.3 is 4.90 Å². The molecule has 0 radical (unpaired) electrons. The van der Waals surface area contributed by atoms with Crippen LogP contribution in [0.5, 0.6) is 0 Å². The average molecular weight is 220 g/mol. The van der Waals surface area contributed by atoms with Crippen LogP contribution in [0.3, 0.4) is 0 Å². The topological polar surface area (TPSA) is 41.9 Å². The molecule has 2 rings (SSSR count). The van der Waals surface area contributed by atoms with Gasteiger partial charge in [0, 0.05) is 13.1 Å². The van der Waals surface area contributed by atoms with Gasteiger partial charge in [0.1, 0.15) is 12.7 Å². The van der Waals surface area contributed by atoms with Crippen molar-refractivity contribution in [3.63, 3.8) is 0 Å². The third-order valence-corrected chi connectivity index (χ3v) is 3.12. The van der Waals surface area contributed by atoms with E-state index in [1.54, 1.807) is 12.7 Å². The number of anilines is 1. The fourth-order valence-electron chi connectivity index (χ4n) is 2.20. The first kappa shape index (κ1) is 11.3. The molecule has 0 saturated carbocycles. The second-order valence-electron chi connectivity index (χ2n) is 4.40. The fourth-order valence-corrected chi connectivity index (χ4v) is 2.20. The molecule has 0 unspecified atom stereocenters. The van der Waals surface area contributed by atoms with Crippen molar-refractivity contribution in [2.45, 2.75) is 44.9 Å². The molecular weight excluding hydrogens is 200 g/mol. The molecule has 1 aliphatic rings. The first-order chi connectivity index (χ1) is 7.97. The Hall–Kier alpha value is -1.19. The summed E-state index contributed by atoms with van der Waals surface area (Å²) in [6.45, 7) is 2.17. The van der Waals surface area contributed by atoms with Crippen LogP contribution in [0.15, 0.2) is 12.7 Å². The minimum absolute atomic E-state index is 0.843. The van der Waals surface area contributed by atoms with Gasteiger partial charge >= 0.3 is 0 Å². The minimum atomic E-state index is 0.843. The zero-order valence-electron chi connectivity index (χ0n) is 9.81. The number of hydrogen-bond donors (Lipinski definition) is 0. The van der Waals surface area contributed by atoms with E-state index >= 15 is 0 Å². The Kier molecular flexibility index (Phi) is 4.52. The molecule has 0 atom stereocenters. The third kappa shape index (κ3) is 3.43. The molecule has 0 bridgehead atoms. The molecule has 2 heterocycles. The molecule has 16 heavy (non-hydrogen) atoms. The van der Waals surface area contributed by atoms with Gasteiger partial charge in [0.25, 0.3) is 0 Å². The van der Waals surface area contributed by atoms with Crippen LogP contribution < -0.4 is 4.90 Å². The van der Waals surface area contributed by atoms with Gasteiger partial charge in [-0.25, -0.2) is 15.0 Å². The summed E-state index contributed by atoms with van der Waals surface area (Å²) >= 11 is 0. The smallest absolute Gasteiger partial charge is 0.228 e. The normalized spacial score (nSPS) is 19.4. The predicted molar refractivity (Wildman–Crippen MR) is 64.4 cm³/mol. The van der Waals surface area contributed by atoms with Gasteiger partial charge in [0.05, 0.1) is 0 Å². The first-order valence-electron chi connectivity index (χ1n) is 6.34. The predicted octanol–water partition coefficient (Wildman–Crippen LogP) is 2.42. The van der Waals surface area contributed by atoms with E-state index in [2.05, 4.69) is 19.9 Å². The molecule has 0 aliphatic carbocycles. The van der Waals surface area contributed by atoms with E-state index in [1.165, 1.54) is 44.9 Å². The average Bonchev–Trinajstić information content (AvgIpc) is 2.37. The van der Waals surface area contributed by atoms with Gasteiger partial charge in [0.15, 0.2) is 0 Å². The number of aromatic nitrogens is 3. The second-order valence-corrected chi connectivity index (χ2v) is 4.40. The van der Waals surface area contributed by atoms with Gasteiger partial charge in [-0.15, -0.1) is 0 Å². The van der Waals surface area contributed by atoms with Crippen molar-refractivity contribution in [1.82, 2.24) is 15.0 Å². The molecule has 1 fully saturated rings. The summed E-state index contributed by atoms with van der Waals surface area (Å²) in [4.78, 5) is 14.6. The highest BCUT2D eigenvalue weighted by Crippen LogP contribution is 2.14. The largest absolute Gasteiger partial charge is 0.341 e. The lowest BCUT2D eigenvalue weighted by atomic mass is 10.1. The maximum absolute atomic E-state index is 4.23. The standard InChI is InChI=1S/C12H20N4/c1-2-4-6-8-16(9-7-5-3-1)12-14-10-13-11-15-12/h10-11H,1-9H2. The van der Waals surface area contributed by atoms with Crippen LogP contribution in [-0.2, 0) is 0 Å². The van der Waals surface area contributed by atoms with Gasteiger partial charge in [-0.2, -0.15) is 0 Å². The molecule has 1 aromatic heterocycles. The zero-order valence-corrected chi connectivity index (χ0v) is 9.81. The van der Waals surface area contributed by atoms with Crippen LogP contribution >= 0.6 is 0 Å². The van der Waals surface area contributed by atoms with Gasteiger partial charge in [-0.3, -0.25) is 0 Å². The van der Waals surface area contributed by atoms with Crippen molar-refractivity contribution in [1.29, 1.82) is 0 Å². The van der Waals surface area contributed by atoms with Crippen molar-refractivity contribution < 1.29 is 0 Å². The van der Waals surface area contributed by atoms with Crippen LogP contribution in [-0.4, -0.2) is 28.0 Å². The molecule has 0 aromatic carbocycles. The molecule has 0 amide bonds. The zero-order chi connectivity index (χ0) is 11.1. The van der Waals surface area contributed by atoms with Crippen LogP contribution in [0.1, 0.15) is 44.9 Å². The van der Waals surface area contributed by atoms with E-state index in [9.17, 15) is 0 Å². The van der Waals surface area contributed by atoms with E-state index in [-0.39, 0.29) is 0 Å². The second kappa shape index (κ2) is 6.40. The number of hydrogen-bond acceptors (Lipinski definition) is 4. The van der Waals surface area contributed by atoms with Crippen LogP contribution in [0.25, 0.3) is 0 Å². The Balaban J connectivity index is 1.94. The maximum atomic E-state index is 4.23. The SMILES string of the molecule is c1ncnc(N2CCCCCCCCC2)n1. The first-order valence-corrected chi connectivity index (χ1v) is 6.34. The van der Waals surface area contributed by atoms with Crippen molar-refractivity contribution in [2.75, 3.05) is 18.0 Å². The van der Waals surface area contributed by atoms with Gasteiger partial charge in [-0.1, -0.05) is 32.1 Å². The van der Waals surface area contributed by atoms with Gasteiger partial charge in [0.2, 0.25) is 5.95 Å². The Labute approximate surface area is 97.1 Å². The van der Waals surface area contributed by atoms with E-state index < -0.39 is 0 Å². The van der Waals surface area contributed by atoms with E-state index in [1.807, 2.05) is 0 Å². The molecule has 1 saturated heterocycles. The van der Waals surface area contributed by atoms with Crippen molar-refractivity contribution >= 4 is 5.95 Å². The summed E-state index contributed by atoms with van der Waals surface area (Å²) in [6, 6.07) is 0. The lowest BCUT2D eigenvalue weighted by Gasteiger charge is -2.23. The van der Waals surface area contributed by atoms with Crippen molar-refractivity contribution in [2.24, 2.45) is 0 Å². The summed E-state index contributed by atoms with van der Waals surface area (Å²) in [7, 11) is 0. The van der Waals surface area contributed by atoms with Crippen LogP contribution in [0.2, 0.25) is 0 Å². The molecule has 1 aliphatic heterocycles. The lowest BCUT2D eigenvalue weighted by molar-refractivity contribution is 0.539. The van der Waals surface area contributed by atoms with Gasteiger partial charge in [-0.05, 0) is 12.8 Å². The lowest BCUT2D eigenvalue weighted by Crippen LogP contribution is -2.28. The molecule has 4 nitrogen and oxygen atoms in total. The summed E-state index contributed by atoms with van der Waals surface area (Å²) in [6.07, 6.45) is 12.5. The van der Waals surface area contributed by atoms with Crippen LogP contribution in [0, 0.1) is 0 Å². The van der Waals surface area contributed by atoms with E-state index in [0.717, 1.165) is 19.0 Å². The Bertz CT molecular complexity index is 278. The fraction of sp³-hybridized carbons (Fsp3) is 0.750. The van der Waals surface area contributed by atoms with Crippen molar-refractivity contribution in [3.8, 4) is 0 Å². The summed E-state index contributed by atoms with van der Waals surface area (Å²) in [5, 5.41) is 0. The number of rotatable bonds is 1. The summed E-state index contributed by atoms with van der Waals surface area (Å²) < 4.78 is 0. The Morgan fingerprint density at radius 1 is 0.750 bits per heavy atom. The molecule has 88 valence electrons. The number of nitrogens with zero attached hydrogens (tertiary/aromatic N) is 4. The molecule has 4 heteroatoms. The monoisotopic (exact) mass is 220 g/mol. The Morgan fingerprint density at radius 2 is 1.25 bits per heavy atom. The molecule has 1 aromatic rings. The van der Waals surface area contributed by atoms with E-state index in [4.69, 9.17) is 0 Å². The van der Waals surface area contributed by atoms with E-state index in [0.29, 0.717) is 0 Å². The minimum Gasteiger partial charge on any atom is -0.341 e. The highest BCUT2D eigenvalue weighted by atomic mass is 15.3. The van der Waals surface area contributed by atoms with Crippen LogP contribution in [0.4, 0.5) is 5.95 Å². The van der Waals surface area contributed by atoms with Crippen molar-refractivity contribution in [3.05, 3.63) is 12.7 Å². The molecule has 0 spiro atoms. The summed E-state index contributed by atoms with van der Waals surface area (Å²) in [5.41, 5.74) is 0. The molecular formula is C12H20N4. The highest BCUT2D eigenvalue weighted by Gasteiger charge is 2.09. The quantitative estimate of drug-likeness (QED) is 0.729. The Morgan fingerprint density at radius 3 is 1.81 bits per heavy atom. The maximum Gasteiger partial charge on any atom is 0.228 e. The highest BCUT2D eigenvalue weighted by molar-refractivity contribution is 5.26. The molecule has 0 N–H and O–H groups in total.